The minimum atomic E-state index is -3.98. The molecule has 0 saturated carbocycles. The van der Waals surface area contributed by atoms with Crippen LogP contribution in [0.25, 0.3) is 0 Å². The number of hydrogen-bond acceptors (Lipinski definition) is 7. The lowest BCUT2D eigenvalue weighted by molar-refractivity contribution is -0.116. The number of nitrogens with one attached hydrogen (secondary N) is 2. The number of para-hydroxylation sites is 1. The van der Waals surface area contributed by atoms with Gasteiger partial charge in [0.15, 0.2) is 11.5 Å². The fourth-order valence-electron chi connectivity index (χ4n) is 2.94. The summed E-state index contributed by atoms with van der Waals surface area (Å²) in [5.41, 5.74) is 0.553. The Labute approximate surface area is 193 Å². The van der Waals surface area contributed by atoms with Crippen LogP contribution in [0.2, 0.25) is 0 Å². The van der Waals surface area contributed by atoms with Crippen LogP contribution in [-0.2, 0) is 19.6 Å². The first-order valence-electron chi connectivity index (χ1n) is 10.1. The van der Waals surface area contributed by atoms with Crippen LogP contribution in [-0.4, -0.2) is 72.6 Å². The number of ether oxygens (including phenoxy) is 3. The summed E-state index contributed by atoms with van der Waals surface area (Å²) in [5.74, 6) is -0.315. The monoisotopic (exact) mass is 479 g/mol. The van der Waals surface area contributed by atoms with Gasteiger partial charge in [0.2, 0.25) is 15.9 Å². The van der Waals surface area contributed by atoms with Crippen LogP contribution in [0.3, 0.4) is 0 Å². The molecule has 33 heavy (non-hydrogen) atoms. The Morgan fingerprint density at radius 1 is 1.00 bits per heavy atom. The number of anilines is 1. The Bertz CT molecular complexity index is 1070. The third-order valence-corrected chi connectivity index (χ3v) is 6.49. The largest absolute Gasteiger partial charge is 0.493 e. The number of carbonyl (C=O) groups excluding carboxylic acids is 2. The second-order valence-corrected chi connectivity index (χ2v) is 9.02. The van der Waals surface area contributed by atoms with E-state index in [4.69, 9.17) is 14.2 Å². The highest BCUT2D eigenvalue weighted by Gasteiger charge is 2.25. The Hall–Kier alpha value is -3.15. The van der Waals surface area contributed by atoms with Gasteiger partial charge in [0.25, 0.3) is 5.91 Å². The number of methoxy groups -OCH3 is 3. The average molecular weight is 480 g/mol. The maximum Gasteiger partial charge on any atom is 0.253 e. The number of rotatable bonds is 12. The maximum absolute atomic E-state index is 12.9. The number of hydrogen-bond donors (Lipinski definition) is 2. The van der Waals surface area contributed by atoms with Crippen molar-refractivity contribution in [3.8, 4) is 11.5 Å². The molecule has 2 rings (SSSR count). The molecule has 180 valence electrons. The van der Waals surface area contributed by atoms with Crippen LogP contribution in [0.4, 0.5) is 5.69 Å². The molecule has 2 N–H and O–H groups in total. The van der Waals surface area contributed by atoms with E-state index in [0.29, 0.717) is 25.3 Å². The molecular formula is C22H29N3O7S. The van der Waals surface area contributed by atoms with Crippen molar-refractivity contribution in [3.63, 3.8) is 0 Å². The van der Waals surface area contributed by atoms with Crippen molar-refractivity contribution in [3.05, 3.63) is 48.0 Å². The molecule has 0 aliphatic rings. The highest BCUT2D eigenvalue weighted by molar-refractivity contribution is 7.89. The minimum Gasteiger partial charge on any atom is -0.493 e. The highest BCUT2D eigenvalue weighted by atomic mass is 32.2. The molecule has 0 fully saturated rings. The van der Waals surface area contributed by atoms with Gasteiger partial charge in [-0.1, -0.05) is 12.1 Å². The molecule has 2 aromatic rings. The van der Waals surface area contributed by atoms with Crippen LogP contribution in [0.1, 0.15) is 16.8 Å². The van der Waals surface area contributed by atoms with E-state index in [1.165, 1.54) is 39.5 Å². The standard InChI is InChI=1S/C22H29N3O7S/c1-25(33(28,29)16-10-11-19(31-3)20(14-16)32-4)15-21(26)24-18-9-6-5-8-17(18)22(27)23-12-7-13-30-2/h5-6,8-11,14H,7,12-13,15H2,1-4H3,(H,23,27)(H,24,26). The summed E-state index contributed by atoms with van der Waals surface area (Å²) >= 11 is 0. The average Bonchev–Trinajstić information content (AvgIpc) is 2.81. The smallest absolute Gasteiger partial charge is 0.253 e. The second-order valence-electron chi connectivity index (χ2n) is 6.97. The topological polar surface area (TPSA) is 123 Å². The van der Waals surface area contributed by atoms with Crippen molar-refractivity contribution in [2.45, 2.75) is 11.3 Å². The quantitative estimate of drug-likeness (QED) is 0.445. The van der Waals surface area contributed by atoms with E-state index in [0.717, 1.165) is 4.31 Å². The molecule has 0 heterocycles. The number of benzene rings is 2. The molecule has 0 saturated heterocycles. The van der Waals surface area contributed by atoms with Crippen molar-refractivity contribution in [1.29, 1.82) is 0 Å². The SMILES string of the molecule is COCCCNC(=O)c1ccccc1NC(=O)CN(C)S(=O)(=O)c1ccc(OC)c(OC)c1. The zero-order valence-electron chi connectivity index (χ0n) is 19.1. The lowest BCUT2D eigenvalue weighted by Gasteiger charge is -2.18. The lowest BCUT2D eigenvalue weighted by Crippen LogP contribution is -2.35. The first-order valence-corrected chi connectivity index (χ1v) is 11.5. The Morgan fingerprint density at radius 3 is 2.36 bits per heavy atom. The zero-order valence-corrected chi connectivity index (χ0v) is 19.9. The van der Waals surface area contributed by atoms with Crippen molar-refractivity contribution >= 4 is 27.5 Å². The summed E-state index contributed by atoms with van der Waals surface area (Å²) in [4.78, 5) is 25.0. The van der Waals surface area contributed by atoms with Gasteiger partial charge in [-0.3, -0.25) is 9.59 Å². The lowest BCUT2D eigenvalue weighted by atomic mass is 10.1. The molecular weight excluding hydrogens is 450 g/mol. The van der Waals surface area contributed by atoms with Gasteiger partial charge in [-0.05, 0) is 30.7 Å². The molecule has 0 aliphatic carbocycles. The van der Waals surface area contributed by atoms with Gasteiger partial charge < -0.3 is 24.8 Å². The maximum atomic E-state index is 12.9. The molecule has 2 amide bonds. The number of carbonyl (C=O) groups is 2. The van der Waals surface area contributed by atoms with Gasteiger partial charge in [-0.25, -0.2) is 8.42 Å². The molecule has 0 radical (unpaired) electrons. The molecule has 0 spiro atoms. The fraction of sp³-hybridized carbons (Fsp3) is 0.364. The molecule has 0 aliphatic heterocycles. The van der Waals surface area contributed by atoms with Gasteiger partial charge in [0.05, 0.1) is 36.9 Å². The molecule has 2 aromatic carbocycles. The third kappa shape index (κ3) is 6.91. The number of likely N-dealkylation sites (N-methyl/N-ethyl adjacent to an activating group) is 1. The molecule has 0 unspecified atom stereocenters. The van der Waals surface area contributed by atoms with Gasteiger partial charge in [0.1, 0.15) is 0 Å². The van der Waals surface area contributed by atoms with Gasteiger partial charge >= 0.3 is 0 Å². The number of sulfonamides is 1. The van der Waals surface area contributed by atoms with Gasteiger partial charge in [0, 0.05) is 33.4 Å². The van der Waals surface area contributed by atoms with E-state index in [2.05, 4.69) is 10.6 Å². The highest BCUT2D eigenvalue weighted by Crippen LogP contribution is 2.30. The summed E-state index contributed by atoms with van der Waals surface area (Å²) in [7, 11) is 1.73. The van der Waals surface area contributed by atoms with Crippen molar-refractivity contribution in [2.24, 2.45) is 0 Å². The van der Waals surface area contributed by atoms with Crippen molar-refractivity contribution < 1.29 is 32.2 Å². The summed E-state index contributed by atoms with van der Waals surface area (Å²) in [6.45, 7) is 0.473. The zero-order chi connectivity index (χ0) is 24.4. The molecule has 0 bridgehead atoms. The van der Waals surface area contributed by atoms with Crippen molar-refractivity contribution in [2.75, 3.05) is 53.4 Å². The summed E-state index contributed by atoms with van der Waals surface area (Å²) in [5, 5.41) is 5.37. The molecule has 0 aromatic heterocycles. The van der Waals surface area contributed by atoms with E-state index in [9.17, 15) is 18.0 Å². The van der Waals surface area contributed by atoms with Gasteiger partial charge in [-0.15, -0.1) is 0 Å². The number of nitrogens with zero attached hydrogens (tertiary/aromatic N) is 1. The van der Waals surface area contributed by atoms with Gasteiger partial charge in [-0.2, -0.15) is 4.31 Å². The van der Waals surface area contributed by atoms with E-state index in [-0.39, 0.29) is 27.8 Å². The van der Waals surface area contributed by atoms with E-state index in [1.807, 2.05) is 0 Å². The van der Waals surface area contributed by atoms with Crippen LogP contribution in [0.15, 0.2) is 47.4 Å². The predicted molar refractivity (Wildman–Crippen MR) is 123 cm³/mol. The normalized spacial score (nSPS) is 11.2. The Kier molecular flexibility index (Phi) is 9.64. The minimum absolute atomic E-state index is 0.0497. The van der Waals surface area contributed by atoms with Crippen molar-refractivity contribution in [1.82, 2.24) is 9.62 Å². The molecule has 10 nitrogen and oxygen atoms in total. The van der Waals surface area contributed by atoms with E-state index >= 15 is 0 Å². The fourth-order valence-corrected chi connectivity index (χ4v) is 4.08. The summed E-state index contributed by atoms with van der Waals surface area (Å²) in [6, 6.07) is 10.7. The van der Waals surface area contributed by atoms with Crippen LogP contribution in [0, 0.1) is 0 Å². The first-order chi connectivity index (χ1) is 15.7. The van der Waals surface area contributed by atoms with Crippen LogP contribution >= 0.6 is 0 Å². The predicted octanol–water partition coefficient (Wildman–Crippen LogP) is 1.73. The Balaban J connectivity index is 2.09. The molecule has 11 heteroatoms. The molecule has 0 atom stereocenters. The number of amides is 2. The first kappa shape index (κ1) is 26.1. The Morgan fingerprint density at radius 2 is 1.70 bits per heavy atom. The van der Waals surface area contributed by atoms with E-state index in [1.54, 1.807) is 31.4 Å². The third-order valence-electron chi connectivity index (χ3n) is 4.69. The van der Waals surface area contributed by atoms with E-state index < -0.39 is 22.5 Å². The summed E-state index contributed by atoms with van der Waals surface area (Å²) in [6.07, 6.45) is 0.648. The van der Waals surface area contributed by atoms with Crippen LogP contribution in [0.5, 0.6) is 11.5 Å². The second kappa shape index (κ2) is 12.2. The summed E-state index contributed by atoms with van der Waals surface area (Å²) < 4.78 is 42.0. The van der Waals surface area contributed by atoms with Crippen LogP contribution < -0.4 is 20.1 Å².